The number of amides is 2. The molecule has 0 heterocycles. The highest BCUT2D eigenvalue weighted by Crippen LogP contribution is 2.19. The molecule has 106 valence electrons. The van der Waals surface area contributed by atoms with Crippen molar-refractivity contribution < 1.29 is 14.7 Å². The average molecular weight is 295 g/mol. The highest BCUT2D eigenvalue weighted by atomic mass is 35.5. The second-order valence-electron chi connectivity index (χ2n) is 4.61. The van der Waals surface area contributed by atoms with Crippen LogP contribution in [0.15, 0.2) is 30.4 Å². The molecule has 1 atom stereocenters. The fourth-order valence-corrected chi connectivity index (χ4v) is 2.30. The Bertz CT molecular complexity index is 557. The third kappa shape index (κ3) is 3.99. The Labute approximate surface area is 121 Å². The fraction of sp³-hybridized carbons (Fsp3) is 0.286. The van der Waals surface area contributed by atoms with Gasteiger partial charge in [-0.3, -0.25) is 0 Å². The monoisotopic (exact) mass is 294 g/mol. The number of benzene rings is 1. The molecule has 5 nitrogen and oxygen atoms in total. The molecule has 2 rings (SSSR count). The molecule has 6 heteroatoms. The number of allylic oxidation sites excluding steroid dienone is 1. The highest BCUT2D eigenvalue weighted by Gasteiger charge is 2.13. The van der Waals surface area contributed by atoms with Gasteiger partial charge < -0.3 is 15.7 Å². The number of halogens is 1. The Morgan fingerprint density at radius 1 is 1.25 bits per heavy atom. The third-order valence-corrected chi connectivity index (χ3v) is 3.23. The molecular weight excluding hydrogens is 280 g/mol. The van der Waals surface area contributed by atoms with Crippen molar-refractivity contribution in [1.29, 1.82) is 0 Å². The fourth-order valence-electron chi connectivity index (χ4n) is 2.06. The van der Waals surface area contributed by atoms with Gasteiger partial charge in [-0.1, -0.05) is 23.8 Å². The summed E-state index contributed by atoms with van der Waals surface area (Å²) in [6, 6.07) is 3.96. The molecule has 0 radical (unpaired) electrons. The Morgan fingerprint density at radius 2 is 2.05 bits per heavy atom. The summed E-state index contributed by atoms with van der Waals surface area (Å²) in [5.74, 6) is -1.09. The van der Waals surface area contributed by atoms with Crippen LogP contribution in [0.3, 0.4) is 0 Å². The van der Waals surface area contributed by atoms with Crippen LogP contribution in [0.1, 0.15) is 29.6 Å². The Balaban J connectivity index is 2.00. The molecule has 1 aliphatic rings. The van der Waals surface area contributed by atoms with Crippen LogP contribution in [-0.2, 0) is 0 Å². The summed E-state index contributed by atoms with van der Waals surface area (Å²) in [5.41, 5.74) is 0.396. The van der Waals surface area contributed by atoms with E-state index in [2.05, 4.69) is 16.7 Å². The summed E-state index contributed by atoms with van der Waals surface area (Å²) in [7, 11) is 0. The molecule has 20 heavy (non-hydrogen) atoms. The lowest BCUT2D eigenvalue weighted by Crippen LogP contribution is -2.38. The summed E-state index contributed by atoms with van der Waals surface area (Å²) in [6.07, 6.45) is 6.79. The van der Waals surface area contributed by atoms with E-state index in [1.807, 2.05) is 6.08 Å². The Morgan fingerprint density at radius 3 is 2.70 bits per heavy atom. The minimum atomic E-state index is -1.09. The van der Waals surface area contributed by atoms with Gasteiger partial charge in [0.2, 0.25) is 0 Å². The van der Waals surface area contributed by atoms with Crippen LogP contribution in [0.25, 0.3) is 0 Å². The van der Waals surface area contributed by atoms with E-state index < -0.39 is 5.97 Å². The molecule has 1 aromatic rings. The first-order valence-corrected chi connectivity index (χ1v) is 6.69. The van der Waals surface area contributed by atoms with E-state index in [1.165, 1.54) is 18.2 Å². The van der Waals surface area contributed by atoms with E-state index in [-0.39, 0.29) is 22.7 Å². The van der Waals surface area contributed by atoms with Gasteiger partial charge in [-0.15, -0.1) is 0 Å². The standard InChI is InChI=1S/C14H15ClN2O3/c15-10-6-9(13(18)19)7-12(8-10)17-14(20)16-11-4-2-1-3-5-11/h1-2,6-8,11H,3-5H2,(H,18,19)(H2,16,17,20). The van der Waals surface area contributed by atoms with E-state index in [0.29, 0.717) is 5.69 Å². The second-order valence-corrected chi connectivity index (χ2v) is 5.05. The van der Waals surface area contributed by atoms with Crippen molar-refractivity contribution in [2.75, 3.05) is 5.32 Å². The van der Waals surface area contributed by atoms with E-state index >= 15 is 0 Å². The smallest absolute Gasteiger partial charge is 0.335 e. The molecule has 0 spiro atoms. The van der Waals surface area contributed by atoms with Gasteiger partial charge in [0.25, 0.3) is 0 Å². The van der Waals surface area contributed by atoms with Crippen molar-refractivity contribution in [1.82, 2.24) is 5.32 Å². The molecule has 0 bridgehead atoms. The Hall–Kier alpha value is -2.01. The van der Waals surface area contributed by atoms with Gasteiger partial charge in [0.1, 0.15) is 0 Å². The molecule has 1 aliphatic carbocycles. The molecule has 1 unspecified atom stereocenters. The number of urea groups is 1. The van der Waals surface area contributed by atoms with Crippen LogP contribution in [0.5, 0.6) is 0 Å². The first-order valence-electron chi connectivity index (χ1n) is 6.31. The van der Waals surface area contributed by atoms with Gasteiger partial charge in [0.05, 0.1) is 5.56 Å². The zero-order valence-corrected chi connectivity index (χ0v) is 11.5. The van der Waals surface area contributed by atoms with Crippen molar-refractivity contribution in [2.45, 2.75) is 25.3 Å². The Kier molecular flexibility index (Phi) is 4.63. The molecule has 1 aromatic carbocycles. The van der Waals surface area contributed by atoms with Crippen LogP contribution in [0.4, 0.5) is 10.5 Å². The number of carboxylic acids is 1. The number of carbonyl (C=O) groups excluding carboxylic acids is 1. The molecule has 0 aliphatic heterocycles. The summed E-state index contributed by atoms with van der Waals surface area (Å²) in [5, 5.41) is 14.6. The molecule has 2 amide bonds. The summed E-state index contributed by atoms with van der Waals surface area (Å²) in [4.78, 5) is 22.7. The zero-order valence-electron chi connectivity index (χ0n) is 10.7. The normalized spacial score (nSPS) is 17.6. The summed E-state index contributed by atoms with van der Waals surface area (Å²) >= 11 is 5.83. The van der Waals surface area contributed by atoms with Crippen LogP contribution >= 0.6 is 11.6 Å². The van der Waals surface area contributed by atoms with Crippen molar-refractivity contribution in [3.8, 4) is 0 Å². The number of nitrogens with one attached hydrogen (secondary N) is 2. The molecule has 0 saturated carbocycles. The summed E-state index contributed by atoms with van der Waals surface area (Å²) in [6.45, 7) is 0. The first-order chi connectivity index (χ1) is 9.54. The van der Waals surface area contributed by atoms with E-state index in [9.17, 15) is 9.59 Å². The third-order valence-electron chi connectivity index (χ3n) is 3.01. The van der Waals surface area contributed by atoms with Gasteiger partial charge >= 0.3 is 12.0 Å². The van der Waals surface area contributed by atoms with Gasteiger partial charge in [-0.2, -0.15) is 0 Å². The first kappa shape index (κ1) is 14.4. The van der Waals surface area contributed by atoms with Crippen molar-refractivity contribution in [3.63, 3.8) is 0 Å². The van der Waals surface area contributed by atoms with E-state index in [1.54, 1.807) is 0 Å². The number of anilines is 1. The molecule has 3 N–H and O–H groups in total. The highest BCUT2D eigenvalue weighted by molar-refractivity contribution is 6.31. The van der Waals surface area contributed by atoms with Gasteiger partial charge in [0.15, 0.2) is 0 Å². The lowest BCUT2D eigenvalue weighted by molar-refractivity contribution is 0.0697. The maximum atomic E-state index is 11.8. The quantitative estimate of drug-likeness (QED) is 0.749. The second kappa shape index (κ2) is 6.43. The predicted molar refractivity (Wildman–Crippen MR) is 77.3 cm³/mol. The molecular formula is C14H15ClN2O3. The van der Waals surface area contributed by atoms with Gasteiger partial charge in [0, 0.05) is 16.8 Å². The largest absolute Gasteiger partial charge is 0.478 e. The number of rotatable bonds is 3. The summed E-state index contributed by atoms with van der Waals surface area (Å²) < 4.78 is 0. The molecule has 0 saturated heterocycles. The van der Waals surface area contributed by atoms with Gasteiger partial charge in [-0.05, 0) is 37.5 Å². The van der Waals surface area contributed by atoms with Crippen molar-refractivity contribution in [3.05, 3.63) is 40.9 Å². The van der Waals surface area contributed by atoms with Crippen molar-refractivity contribution in [2.24, 2.45) is 0 Å². The molecule has 0 fully saturated rings. The number of hydrogen-bond donors (Lipinski definition) is 3. The lowest BCUT2D eigenvalue weighted by Gasteiger charge is -2.19. The topological polar surface area (TPSA) is 78.4 Å². The van der Waals surface area contributed by atoms with E-state index in [4.69, 9.17) is 16.7 Å². The van der Waals surface area contributed by atoms with Gasteiger partial charge in [-0.25, -0.2) is 9.59 Å². The lowest BCUT2D eigenvalue weighted by atomic mass is 10.0. The average Bonchev–Trinajstić information content (AvgIpc) is 2.38. The van der Waals surface area contributed by atoms with Crippen molar-refractivity contribution >= 4 is 29.3 Å². The van der Waals surface area contributed by atoms with Crippen LogP contribution in [0.2, 0.25) is 5.02 Å². The van der Waals surface area contributed by atoms with Crippen LogP contribution < -0.4 is 10.6 Å². The number of aromatic carboxylic acids is 1. The number of carbonyl (C=O) groups is 2. The minimum Gasteiger partial charge on any atom is -0.478 e. The predicted octanol–water partition coefficient (Wildman–Crippen LogP) is 3.27. The number of hydrogen-bond acceptors (Lipinski definition) is 2. The van der Waals surface area contributed by atoms with Crippen LogP contribution in [0, 0.1) is 0 Å². The van der Waals surface area contributed by atoms with Crippen LogP contribution in [-0.4, -0.2) is 23.1 Å². The SMILES string of the molecule is O=C(Nc1cc(Cl)cc(C(=O)O)c1)NC1CC=CCC1. The number of carboxylic acid groups (broad SMARTS) is 1. The maximum absolute atomic E-state index is 11.8. The van der Waals surface area contributed by atoms with E-state index in [0.717, 1.165) is 19.3 Å². The minimum absolute atomic E-state index is 0.0356. The molecule has 0 aromatic heterocycles. The zero-order chi connectivity index (χ0) is 14.5. The maximum Gasteiger partial charge on any atom is 0.335 e.